The van der Waals surface area contributed by atoms with Crippen LogP contribution in [0.25, 0.3) is 0 Å². The smallest absolute Gasteiger partial charge is 0.240 e. The monoisotopic (exact) mass is 276 g/mol. The molecule has 0 spiro atoms. The van der Waals surface area contributed by atoms with Gasteiger partial charge in [0.1, 0.15) is 5.41 Å². The fraction of sp³-hybridized carbons (Fsp3) is 0.600. The van der Waals surface area contributed by atoms with Gasteiger partial charge in [-0.25, -0.2) is 0 Å². The van der Waals surface area contributed by atoms with E-state index < -0.39 is 5.41 Å². The molecule has 102 valence electrons. The van der Waals surface area contributed by atoms with Crippen LogP contribution in [0.2, 0.25) is 0 Å². The number of nitrogens with one attached hydrogen (secondary N) is 1. The lowest BCUT2D eigenvalue weighted by atomic mass is 9.86. The normalized spacial score (nSPS) is 19.1. The molecule has 1 heterocycles. The number of nitriles is 1. The van der Waals surface area contributed by atoms with Crippen LogP contribution in [0.5, 0.6) is 0 Å². The van der Waals surface area contributed by atoms with E-state index in [9.17, 15) is 10.1 Å². The summed E-state index contributed by atoms with van der Waals surface area (Å²) in [5.41, 5.74) is -0.787. The first-order valence-corrected chi connectivity index (χ1v) is 7.73. The van der Waals surface area contributed by atoms with Crippen molar-refractivity contribution in [3.8, 4) is 6.07 Å². The Hall–Kier alpha value is -1.34. The van der Waals surface area contributed by atoms with Crippen molar-refractivity contribution in [1.82, 2.24) is 5.32 Å². The first-order valence-electron chi connectivity index (χ1n) is 6.85. The molecule has 4 heteroatoms. The average molecular weight is 276 g/mol. The van der Waals surface area contributed by atoms with Crippen LogP contribution in [0.1, 0.15) is 50.4 Å². The van der Waals surface area contributed by atoms with Gasteiger partial charge >= 0.3 is 0 Å². The van der Waals surface area contributed by atoms with Gasteiger partial charge in [0.2, 0.25) is 5.91 Å². The van der Waals surface area contributed by atoms with Crippen molar-refractivity contribution in [1.29, 1.82) is 5.26 Å². The van der Waals surface area contributed by atoms with Gasteiger partial charge < -0.3 is 5.32 Å². The number of carbonyl (C=O) groups excluding carboxylic acids is 1. The molecule has 1 N–H and O–H groups in total. The molecule has 3 nitrogen and oxygen atoms in total. The molecular weight excluding hydrogens is 256 g/mol. The van der Waals surface area contributed by atoms with Crippen molar-refractivity contribution >= 4 is 17.2 Å². The first-order chi connectivity index (χ1) is 9.09. The maximum atomic E-state index is 12.5. The summed E-state index contributed by atoms with van der Waals surface area (Å²) in [6.07, 6.45) is 3.35. The van der Waals surface area contributed by atoms with Crippen LogP contribution in [0.3, 0.4) is 0 Å². The predicted molar refractivity (Wildman–Crippen MR) is 76.6 cm³/mol. The second-order valence-corrected chi connectivity index (χ2v) is 6.59. The summed E-state index contributed by atoms with van der Waals surface area (Å²) in [6.45, 7) is 4.19. The highest BCUT2D eigenvalue weighted by Crippen LogP contribution is 2.38. The van der Waals surface area contributed by atoms with Crippen molar-refractivity contribution in [2.75, 3.05) is 0 Å². The highest BCUT2D eigenvalue weighted by atomic mass is 32.1. The van der Waals surface area contributed by atoms with E-state index >= 15 is 0 Å². The van der Waals surface area contributed by atoms with E-state index in [0.29, 0.717) is 18.8 Å². The SMILES string of the molecule is CC(C)C(NC(=O)C1(C#N)CCCC1)c1cccs1. The quantitative estimate of drug-likeness (QED) is 0.912. The fourth-order valence-corrected chi connectivity index (χ4v) is 3.63. The van der Waals surface area contributed by atoms with E-state index in [-0.39, 0.29) is 11.9 Å². The third-order valence-corrected chi connectivity index (χ3v) is 4.86. The number of hydrogen-bond acceptors (Lipinski definition) is 3. The van der Waals surface area contributed by atoms with Crippen LogP contribution in [-0.2, 0) is 4.79 Å². The molecule has 1 aromatic heterocycles. The molecule has 1 atom stereocenters. The summed E-state index contributed by atoms with van der Waals surface area (Å²) in [5, 5.41) is 14.5. The molecule has 0 bridgehead atoms. The van der Waals surface area contributed by atoms with Gasteiger partial charge in [-0.2, -0.15) is 5.26 Å². The lowest BCUT2D eigenvalue weighted by Gasteiger charge is -2.26. The van der Waals surface area contributed by atoms with Crippen molar-refractivity contribution in [3.05, 3.63) is 22.4 Å². The number of hydrogen-bond donors (Lipinski definition) is 1. The van der Waals surface area contributed by atoms with Gasteiger partial charge in [-0.1, -0.05) is 32.8 Å². The Morgan fingerprint density at radius 2 is 2.16 bits per heavy atom. The molecule has 0 radical (unpaired) electrons. The Kier molecular flexibility index (Phi) is 4.26. The van der Waals surface area contributed by atoms with E-state index in [0.717, 1.165) is 17.7 Å². The van der Waals surface area contributed by atoms with Gasteiger partial charge in [0, 0.05) is 4.88 Å². The van der Waals surface area contributed by atoms with Crippen LogP contribution < -0.4 is 5.32 Å². The number of amides is 1. The summed E-state index contributed by atoms with van der Waals surface area (Å²) < 4.78 is 0. The highest BCUT2D eigenvalue weighted by molar-refractivity contribution is 7.10. The molecule has 0 aliphatic heterocycles. The Morgan fingerprint density at radius 1 is 1.47 bits per heavy atom. The Morgan fingerprint density at radius 3 is 2.63 bits per heavy atom. The second-order valence-electron chi connectivity index (χ2n) is 5.61. The summed E-state index contributed by atoms with van der Waals surface area (Å²) in [4.78, 5) is 13.6. The third kappa shape index (κ3) is 2.82. The largest absolute Gasteiger partial charge is 0.347 e. The predicted octanol–water partition coefficient (Wildman–Crippen LogP) is 3.65. The van der Waals surface area contributed by atoms with E-state index in [1.54, 1.807) is 11.3 Å². The van der Waals surface area contributed by atoms with Gasteiger partial charge in [-0.15, -0.1) is 11.3 Å². The van der Waals surface area contributed by atoms with Crippen LogP contribution in [-0.4, -0.2) is 5.91 Å². The van der Waals surface area contributed by atoms with E-state index in [1.165, 1.54) is 0 Å². The second kappa shape index (κ2) is 5.75. The van der Waals surface area contributed by atoms with Crippen molar-refractivity contribution in [2.24, 2.45) is 11.3 Å². The highest BCUT2D eigenvalue weighted by Gasteiger charge is 2.42. The van der Waals surface area contributed by atoms with Crippen molar-refractivity contribution in [2.45, 2.75) is 45.6 Å². The topological polar surface area (TPSA) is 52.9 Å². The maximum Gasteiger partial charge on any atom is 0.240 e. The van der Waals surface area contributed by atoms with E-state index in [1.807, 2.05) is 17.5 Å². The number of carbonyl (C=O) groups is 1. The number of thiophene rings is 1. The lowest BCUT2D eigenvalue weighted by Crippen LogP contribution is -2.41. The van der Waals surface area contributed by atoms with Gasteiger partial charge in [0.15, 0.2) is 0 Å². The molecule has 1 fully saturated rings. The van der Waals surface area contributed by atoms with Gasteiger partial charge in [0.05, 0.1) is 12.1 Å². The average Bonchev–Trinajstić information content (AvgIpc) is 3.06. The van der Waals surface area contributed by atoms with E-state index in [4.69, 9.17) is 0 Å². The van der Waals surface area contributed by atoms with E-state index in [2.05, 4.69) is 25.2 Å². The third-order valence-electron chi connectivity index (χ3n) is 3.91. The van der Waals surface area contributed by atoms with Crippen LogP contribution in [0.4, 0.5) is 0 Å². The lowest BCUT2D eigenvalue weighted by molar-refractivity contribution is -0.129. The minimum Gasteiger partial charge on any atom is -0.347 e. The Balaban J connectivity index is 2.14. The molecular formula is C15H20N2OS. The fourth-order valence-electron chi connectivity index (χ4n) is 2.68. The molecule has 1 aliphatic rings. The maximum absolute atomic E-state index is 12.5. The van der Waals surface area contributed by atoms with Crippen molar-refractivity contribution < 1.29 is 4.79 Å². The molecule has 1 unspecified atom stereocenters. The summed E-state index contributed by atoms with van der Waals surface area (Å²) >= 11 is 1.65. The minimum absolute atomic E-state index is 0.0123. The summed E-state index contributed by atoms with van der Waals surface area (Å²) in [6, 6.07) is 6.31. The van der Waals surface area contributed by atoms with Gasteiger partial charge in [-0.05, 0) is 30.2 Å². The van der Waals surface area contributed by atoms with Crippen molar-refractivity contribution in [3.63, 3.8) is 0 Å². The zero-order chi connectivity index (χ0) is 13.9. The number of rotatable bonds is 4. The minimum atomic E-state index is -0.787. The van der Waals surface area contributed by atoms with Gasteiger partial charge in [0.25, 0.3) is 0 Å². The van der Waals surface area contributed by atoms with Crippen LogP contribution in [0.15, 0.2) is 17.5 Å². The standard InChI is InChI=1S/C15H20N2OS/c1-11(2)13(12-6-5-9-19-12)17-14(18)15(10-16)7-3-4-8-15/h5-6,9,11,13H,3-4,7-8H2,1-2H3,(H,17,18). The number of nitrogens with zero attached hydrogens (tertiary/aromatic N) is 1. The molecule has 1 aromatic rings. The summed E-state index contributed by atoms with van der Waals surface area (Å²) in [5.74, 6) is 0.236. The molecule has 1 saturated carbocycles. The molecule has 19 heavy (non-hydrogen) atoms. The van der Waals surface area contributed by atoms with Crippen LogP contribution >= 0.6 is 11.3 Å². The molecule has 1 aliphatic carbocycles. The zero-order valence-electron chi connectivity index (χ0n) is 11.5. The Labute approximate surface area is 118 Å². The molecule has 2 rings (SSSR count). The Bertz CT molecular complexity index is 467. The molecule has 1 amide bonds. The van der Waals surface area contributed by atoms with Gasteiger partial charge in [-0.3, -0.25) is 4.79 Å². The molecule has 0 saturated heterocycles. The molecule has 0 aromatic carbocycles. The first kappa shape index (κ1) is 14.1. The zero-order valence-corrected chi connectivity index (χ0v) is 12.3. The van der Waals surface area contributed by atoms with Crippen LogP contribution in [0, 0.1) is 22.7 Å². The summed E-state index contributed by atoms with van der Waals surface area (Å²) in [7, 11) is 0.